The van der Waals surface area contributed by atoms with E-state index in [1.807, 2.05) is 4.90 Å². The number of halogens is 4. The highest BCUT2D eigenvalue weighted by Crippen LogP contribution is 2.23. The quantitative estimate of drug-likeness (QED) is 0.127. The number of hydrogen-bond acceptors (Lipinski definition) is 6. The number of nitrogens with two attached hydrogens (primary N) is 2. The van der Waals surface area contributed by atoms with Crippen molar-refractivity contribution in [3.63, 3.8) is 0 Å². The fourth-order valence-electron chi connectivity index (χ4n) is 6.09. The topological polar surface area (TPSA) is 128 Å². The molecule has 0 saturated carbocycles. The Balaban J connectivity index is 0.000000212. The van der Waals surface area contributed by atoms with E-state index in [0.717, 1.165) is 56.0 Å². The maximum atomic E-state index is 13.0. The maximum absolute atomic E-state index is 13.0. The van der Waals surface area contributed by atoms with Gasteiger partial charge in [0, 0.05) is 93.3 Å². The van der Waals surface area contributed by atoms with Crippen LogP contribution in [0.4, 0.5) is 25.0 Å². The first kappa shape index (κ1) is 40.9. The number of hydrogen-bond donors (Lipinski definition) is 3. The molecule has 2 aliphatic rings. The first-order chi connectivity index (χ1) is 26.4. The molecule has 0 radical (unpaired) electrons. The Morgan fingerprint density at radius 2 is 1.04 bits per heavy atom. The Morgan fingerprint density at radius 3 is 1.47 bits per heavy atom. The highest BCUT2D eigenvalue weighted by molar-refractivity contribution is 6.31. The zero-order chi connectivity index (χ0) is 39.3. The molecule has 4 aromatic rings. The van der Waals surface area contributed by atoms with Crippen LogP contribution in [0.5, 0.6) is 0 Å². The van der Waals surface area contributed by atoms with Crippen molar-refractivity contribution < 1.29 is 23.2 Å². The lowest BCUT2D eigenvalue weighted by Crippen LogP contribution is -2.47. The van der Waals surface area contributed by atoms with Crippen LogP contribution in [0.3, 0.4) is 0 Å². The van der Waals surface area contributed by atoms with Gasteiger partial charge >= 0.3 is 6.03 Å². The minimum atomic E-state index is -0.703. The summed E-state index contributed by atoms with van der Waals surface area (Å²) in [6, 6.07) is 22.5. The second-order valence-corrected chi connectivity index (χ2v) is 14.0. The third-order valence-electron chi connectivity index (χ3n) is 9.14. The molecule has 2 fully saturated rings. The molecule has 0 aliphatic carbocycles. The van der Waals surface area contributed by atoms with Gasteiger partial charge in [-0.05, 0) is 82.9 Å². The van der Waals surface area contributed by atoms with E-state index in [4.69, 9.17) is 34.7 Å². The molecule has 0 aromatic heterocycles. The van der Waals surface area contributed by atoms with E-state index in [1.165, 1.54) is 30.3 Å². The fraction of sp³-hybridized carbons (Fsp3) is 0.244. The molecule has 4 amide bonds. The van der Waals surface area contributed by atoms with E-state index in [2.05, 4.69) is 15.1 Å². The van der Waals surface area contributed by atoms with Gasteiger partial charge in [-0.3, -0.25) is 19.4 Å². The predicted molar refractivity (Wildman–Crippen MR) is 215 cm³/mol. The number of rotatable bonds is 9. The van der Waals surface area contributed by atoms with Crippen molar-refractivity contribution in [3.05, 3.63) is 141 Å². The Kier molecular flexibility index (Phi) is 14.8. The van der Waals surface area contributed by atoms with Crippen molar-refractivity contribution in [2.45, 2.75) is 13.1 Å². The summed E-state index contributed by atoms with van der Waals surface area (Å²) in [5.41, 5.74) is 15.6. The van der Waals surface area contributed by atoms with Crippen molar-refractivity contribution in [2.75, 3.05) is 63.4 Å². The van der Waals surface area contributed by atoms with E-state index in [0.29, 0.717) is 53.2 Å². The minimum absolute atomic E-state index is 0.0271. The molecule has 288 valence electrons. The number of nitrogen functional groups attached to an aromatic ring is 1. The number of carbonyl (C=O) groups is 3. The molecule has 0 atom stereocenters. The number of primary amides is 1. The smallest absolute Gasteiger partial charge is 0.316 e. The van der Waals surface area contributed by atoms with Gasteiger partial charge in [0.15, 0.2) is 0 Å². The highest BCUT2D eigenvalue weighted by Gasteiger charge is 2.21. The van der Waals surface area contributed by atoms with Gasteiger partial charge in [0.05, 0.1) is 5.69 Å². The summed E-state index contributed by atoms with van der Waals surface area (Å²) < 4.78 is 26.0. The van der Waals surface area contributed by atoms with Crippen LogP contribution in [0.25, 0.3) is 12.2 Å². The Labute approximate surface area is 329 Å². The summed E-state index contributed by atoms with van der Waals surface area (Å²) in [5, 5.41) is 3.52. The van der Waals surface area contributed by atoms with Crippen molar-refractivity contribution in [1.82, 2.24) is 19.6 Å². The average Bonchev–Trinajstić information content (AvgIpc) is 3.16. The van der Waals surface area contributed by atoms with Crippen LogP contribution in [-0.2, 0) is 22.7 Å². The van der Waals surface area contributed by atoms with E-state index < -0.39 is 6.03 Å². The van der Waals surface area contributed by atoms with Gasteiger partial charge in [0.2, 0.25) is 11.8 Å². The second-order valence-electron chi connectivity index (χ2n) is 13.1. The van der Waals surface area contributed by atoms with Crippen molar-refractivity contribution in [3.8, 4) is 0 Å². The van der Waals surface area contributed by atoms with Gasteiger partial charge in [-0.15, -0.1) is 0 Å². The molecular weight excluding hydrogens is 747 g/mol. The molecule has 0 spiro atoms. The molecule has 2 heterocycles. The fourth-order valence-corrected chi connectivity index (χ4v) is 6.45. The molecule has 14 heteroatoms. The zero-order valence-corrected chi connectivity index (χ0v) is 31.7. The summed E-state index contributed by atoms with van der Waals surface area (Å²) in [6.45, 7) is 7.11. The molecule has 55 heavy (non-hydrogen) atoms. The third kappa shape index (κ3) is 12.9. The van der Waals surface area contributed by atoms with E-state index in [1.54, 1.807) is 83.8 Å². The van der Waals surface area contributed by atoms with Crippen LogP contribution in [-0.4, -0.2) is 89.8 Å². The normalized spacial score (nSPS) is 15.2. The number of carbonyl (C=O) groups excluding carboxylic acids is 3. The van der Waals surface area contributed by atoms with Crippen molar-refractivity contribution in [2.24, 2.45) is 5.73 Å². The van der Waals surface area contributed by atoms with Gasteiger partial charge in [-0.25, -0.2) is 13.6 Å². The van der Waals surface area contributed by atoms with Crippen LogP contribution in [0, 0.1) is 11.6 Å². The number of amides is 4. The number of urea groups is 1. The maximum Gasteiger partial charge on any atom is 0.316 e. The Morgan fingerprint density at radius 1 is 0.618 bits per heavy atom. The van der Waals surface area contributed by atoms with Crippen LogP contribution >= 0.6 is 23.2 Å². The first-order valence-corrected chi connectivity index (χ1v) is 18.5. The van der Waals surface area contributed by atoms with Crippen LogP contribution in [0.1, 0.15) is 22.3 Å². The number of nitrogens with zero attached hydrogens (tertiary/aromatic N) is 4. The molecule has 5 N–H and O–H groups in total. The predicted octanol–water partition coefficient (Wildman–Crippen LogP) is 6.75. The molecular formula is C41H43Cl2F2N7O3. The third-order valence-corrected chi connectivity index (χ3v) is 9.61. The van der Waals surface area contributed by atoms with Gasteiger partial charge < -0.3 is 26.6 Å². The second kappa shape index (κ2) is 19.9. The van der Waals surface area contributed by atoms with Gasteiger partial charge in [-0.1, -0.05) is 59.6 Å². The summed E-state index contributed by atoms with van der Waals surface area (Å²) in [5.74, 6) is -0.602. The monoisotopic (exact) mass is 789 g/mol. The van der Waals surface area contributed by atoms with Gasteiger partial charge in [0.1, 0.15) is 11.6 Å². The lowest BCUT2D eigenvalue weighted by molar-refractivity contribution is -0.128. The van der Waals surface area contributed by atoms with Gasteiger partial charge in [0.25, 0.3) is 0 Å². The number of anilines is 2. The number of benzene rings is 4. The number of nitrogens with one attached hydrogen (secondary N) is 1. The molecule has 2 aliphatic heterocycles. The minimum Gasteiger partial charge on any atom is -0.398 e. The molecule has 10 nitrogen and oxygen atoms in total. The summed E-state index contributed by atoms with van der Waals surface area (Å²) in [6.07, 6.45) is 6.38. The van der Waals surface area contributed by atoms with E-state index >= 15 is 0 Å². The van der Waals surface area contributed by atoms with Crippen LogP contribution < -0.4 is 16.8 Å². The largest absolute Gasteiger partial charge is 0.398 e. The summed E-state index contributed by atoms with van der Waals surface area (Å²) >= 11 is 11.8. The van der Waals surface area contributed by atoms with Gasteiger partial charge in [-0.2, -0.15) is 0 Å². The molecule has 0 bridgehead atoms. The van der Waals surface area contributed by atoms with E-state index in [9.17, 15) is 23.2 Å². The van der Waals surface area contributed by atoms with Crippen LogP contribution in [0.2, 0.25) is 10.0 Å². The average molecular weight is 791 g/mol. The summed E-state index contributed by atoms with van der Waals surface area (Å²) in [4.78, 5) is 44.1. The van der Waals surface area contributed by atoms with Crippen molar-refractivity contribution in [1.29, 1.82) is 0 Å². The number of piperazine rings is 2. The Bertz CT molecular complexity index is 2000. The first-order valence-electron chi connectivity index (χ1n) is 17.7. The van der Waals surface area contributed by atoms with Crippen LogP contribution in [0.15, 0.2) is 97.1 Å². The molecule has 6 rings (SSSR count). The zero-order valence-electron chi connectivity index (χ0n) is 30.1. The lowest BCUT2D eigenvalue weighted by atomic mass is 10.1. The molecule has 2 saturated heterocycles. The molecule has 4 aromatic carbocycles. The molecule has 0 unspecified atom stereocenters. The summed E-state index contributed by atoms with van der Waals surface area (Å²) in [7, 11) is 0. The SMILES string of the molecule is NC(=O)Nc1cc(Cl)ccc1/C=C/C(=O)N1CCN(Cc2ccc(F)cc2)CC1.Nc1cc(Cl)ccc1/C=C/C(=O)N1CCN(Cc2ccc(F)cc2)CC1. The highest BCUT2D eigenvalue weighted by atomic mass is 35.5. The van der Waals surface area contributed by atoms with E-state index in [-0.39, 0.29) is 23.4 Å². The standard InChI is InChI=1S/C21H22ClFN4O2.C20H21ClFN3O/c22-17-5-3-16(19(13-17)25-21(24)29)4-8-20(28)27-11-9-26(10-12-27)14-15-1-6-18(23)7-2-15;21-17-5-3-16(19(23)13-17)4-8-20(26)25-11-9-24(10-12-25)14-15-1-6-18(22)7-2-15/h1-8,13H,9-12,14H2,(H3,24,25,29);1-8,13H,9-12,14,23H2/b2*8-4+. The van der Waals surface area contributed by atoms with Crippen molar-refractivity contribution >= 4 is 64.6 Å². The lowest BCUT2D eigenvalue weighted by Gasteiger charge is -2.34. The Hall–Kier alpha value is -5.27.